The predicted octanol–water partition coefficient (Wildman–Crippen LogP) is 1.94. The molecule has 0 aliphatic rings. The molecule has 0 saturated heterocycles. The molecule has 0 unspecified atom stereocenters. The molecule has 1 rings (SSSR count). The minimum absolute atomic E-state index is 0.0304. The molecule has 0 saturated carbocycles. The second-order valence-corrected chi connectivity index (χ2v) is 5.52. The van der Waals surface area contributed by atoms with Crippen molar-refractivity contribution in [3.05, 3.63) is 24.3 Å². The number of hydrogen-bond acceptors (Lipinski definition) is 4. The highest BCUT2D eigenvalue weighted by Crippen LogP contribution is 2.22. The molecule has 0 atom stereocenters. The molecule has 1 amide bonds. The van der Waals surface area contributed by atoms with E-state index in [1.54, 1.807) is 7.11 Å². The number of carbonyl (C=O) groups excluding carboxylic acids is 1. The molecule has 0 fully saturated rings. The Morgan fingerprint density at radius 3 is 2.71 bits per heavy atom. The van der Waals surface area contributed by atoms with Crippen LogP contribution in [0, 0.1) is 5.92 Å². The smallest absolute Gasteiger partial charge is 0.238 e. The van der Waals surface area contributed by atoms with Crippen molar-refractivity contribution in [1.82, 2.24) is 4.90 Å². The van der Waals surface area contributed by atoms with Crippen molar-refractivity contribution in [3.8, 4) is 5.75 Å². The molecule has 21 heavy (non-hydrogen) atoms. The molecule has 1 aromatic carbocycles. The number of nitrogens with one attached hydrogen (secondary N) is 1. The lowest BCUT2D eigenvalue weighted by Crippen LogP contribution is -2.37. The third kappa shape index (κ3) is 6.60. The van der Waals surface area contributed by atoms with Crippen molar-refractivity contribution in [2.45, 2.75) is 20.3 Å². The van der Waals surface area contributed by atoms with Gasteiger partial charge in [-0.2, -0.15) is 0 Å². The van der Waals surface area contributed by atoms with Gasteiger partial charge in [0.15, 0.2) is 0 Å². The highest BCUT2D eigenvalue weighted by Gasteiger charge is 2.13. The van der Waals surface area contributed by atoms with E-state index in [1.807, 2.05) is 24.3 Å². The predicted molar refractivity (Wildman–Crippen MR) is 86.6 cm³/mol. The number of ether oxygens (including phenoxy) is 1. The van der Waals surface area contributed by atoms with Gasteiger partial charge in [-0.05, 0) is 37.6 Å². The van der Waals surface area contributed by atoms with Gasteiger partial charge >= 0.3 is 0 Å². The van der Waals surface area contributed by atoms with E-state index in [9.17, 15) is 4.79 Å². The number of anilines is 1. The highest BCUT2D eigenvalue weighted by atomic mass is 16.5. The summed E-state index contributed by atoms with van der Waals surface area (Å²) in [5, 5.41) is 2.90. The average molecular weight is 293 g/mol. The monoisotopic (exact) mass is 293 g/mol. The van der Waals surface area contributed by atoms with Crippen molar-refractivity contribution in [2.75, 3.05) is 38.6 Å². The summed E-state index contributed by atoms with van der Waals surface area (Å²) in [6.07, 6.45) is 0.897. The summed E-state index contributed by atoms with van der Waals surface area (Å²) in [5.74, 6) is 1.15. The summed E-state index contributed by atoms with van der Waals surface area (Å²) < 4.78 is 5.24. The number of nitrogens with zero attached hydrogens (tertiary/aromatic N) is 1. The van der Waals surface area contributed by atoms with Crippen LogP contribution in [0.4, 0.5) is 5.69 Å². The zero-order valence-corrected chi connectivity index (χ0v) is 13.3. The number of methoxy groups -OCH3 is 1. The van der Waals surface area contributed by atoms with Crippen molar-refractivity contribution in [3.63, 3.8) is 0 Å². The van der Waals surface area contributed by atoms with Crippen LogP contribution < -0.4 is 15.8 Å². The summed E-state index contributed by atoms with van der Waals surface area (Å²) in [5.41, 5.74) is 6.26. The molecule has 0 aliphatic heterocycles. The summed E-state index contributed by atoms with van der Waals surface area (Å²) in [6.45, 7) is 7.04. The minimum Gasteiger partial charge on any atom is -0.495 e. The Balaban J connectivity index is 2.60. The summed E-state index contributed by atoms with van der Waals surface area (Å²) in [7, 11) is 1.59. The summed E-state index contributed by atoms with van der Waals surface area (Å²) >= 11 is 0. The van der Waals surface area contributed by atoms with Crippen LogP contribution in [0.25, 0.3) is 0 Å². The summed E-state index contributed by atoms with van der Waals surface area (Å²) in [6, 6.07) is 7.42. The van der Waals surface area contributed by atoms with Crippen molar-refractivity contribution < 1.29 is 9.53 Å². The first kappa shape index (κ1) is 17.5. The van der Waals surface area contributed by atoms with Gasteiger partial charge in [0.2, 0.25) is 5.91 Å². The normalized spacial score (nSPS) is 11.0. The largest absolute Gasteiger partial charge is 0.495 e. The molecule has 0 aromatic heterocycles. The minimum atomic E-state index is -0.0304. The van der Waals surface area contributed by atoms with Crippen LogP contribution in [0.15, 0.2) is 24.3 Å². The van der Waals surface area contributed by atoms with Crippen molar-refractivity contribution in [1.29, 1.82) is 0 Å². The highest BCUT2D eigenvalue weighted by molar-refractivity contribution is 5.93. The van der Waals surface area contributed by atoms with E-state index in [-0.39, 0.29) is 5.91 Å². The van der Waals surface area contributed by atoms with Crippen LogP contribution in [0.3, 0.4) is 0 Å². The second-order valence-electron chi connectivity index (χ2n) is 5.52. The van der Waals surface area contributed by atoms with Gasteiger partial charge in [0, 0.05) is 6.54 Å². The van der Waals surface area contributed by atoms with E-state index in [0.717, 1.165) is 19.5 Å². The first-order chi connectivity index (χ1) is 10.1. The Labute approximate surface area is 127 Å². The fourth-order valence-corrected chi connectivity index (χ4v) is 2.21. The SMILES string of the molecule is COc1ccccc1NC(=O)CN(CCCN)CC(C)C. The third-order valence-electron chi connectivity index (χ3n) is 3.05. The first-order valence-electron chi connectivity index (χ1n) is 7.42. The van der Waals surface area contributed by atoms with Crippen LogP contribution in [-0.4, -0.2) is 44.1 Å². The number of nitrogens with two attached hydrogens (primary N) is 1. The van der Waals surface area contributed by atoms with Gasteiger partial charge in [0.25, 0.3) is 0 Å². The van der Waals surface area contributed by atoms with E-state index < -0.39 is 0 Å². The maximum Gasteiger partial charge on any atom is 0.238 e. The van der Waals surface area contributed by atoms with E-state index in [1.165, 1.54) is 0 Å². The van der Waals surface area contributed by atoms with Crippen LogP contribution >= 0.6 is 0 Å². The number of hydrogen-bond donors (Lipinski definition) is 2. The number of rotatable bonds is 9. The standard InChI is InChI=1S/C16H27N3O2/c1-13(2)11-19(10-6-9-17)12-16(20)18-14-7-4-5-8-15(14)21-3/h4-5,7-8,13H,6,9-12,17H2,1-3H3,(H,18,20). The average Bonchev–Trinajstić information content (AvgIpc) is 2.44. The fraction of sp³-hybridized carbons (Fsp3) is 0.562. The maximum atomic E-state index is 12.2. The van der Waals surface area contributed by atoms with Crippen molar-refractivity contribution in [2.24, 2.45) is 11.7 Å². The lowest BCUT2D eigenvalue weighted by atomic mass is 10.2. The van der Waals surface area contributed by atoms with Crippen LogP contribution in [0.5, 0.6) is 5.75 Å². The third-order valence-corrected chi connectivity index (χ3v) is 3.05. The Hall–Kier alpha value is -1.59. The van der Waals surface area contributed by atoms with Gasteiger partial charge in [0.05, 0.1) is 19.3 Å². The molecule has 0 aliphatic carbocycles. The van der Waals surface area contributed by atoms with Gasteiger partial charge in [0.1, 0.15) is 5.75 Å². The topological polar surface area (TPSA) is 67.6 Å². The fourth-order valence-electron chi connectivity index (χ4n) is 2.21. The Kier molecular flexibility index (Phi) is 7.79. The zero-order chi connectivity index (χ0) is 15.7. The van der Waals surface area contributed by atoms with Gasteiger partial charge in [-0.15, -0.1) is 0 Å². The van der Waals surface area contributed by atoms with Crippen LogP contribution in [0.1, 0.15) is 20.3 Å². The van der Waals surface area contributed by atoms with E-state index in [2.05, 4.69) is 24.1 Å². The van der Waals surface area contributed by atoms with Gasteiger partial charge in [-0.1, -0.05) is 26.0 Å². The second kappa shape index (κ2) is 9.37. The maximum absolute atomic E-state index is 12.2. The van der Waals surface area contributed by atoms with E-state index >= 15 is 0 Å². The number of benzene rings is 1. The van der Waals surface area contributed by atoms with E-state index in [4.69, 9.17) is 10.5 Å². The Morgan fingerprint density at radius 2 is 2.10 bits per heavy atom. The van der Waals surface area contributed by atoms with Gasteiger partial charge < -0.3 is 15.8 Å². The van der Waals surface area contributed by atoms with Crippen molar-refractivity contribution >= 4 is 11.6 Å². The number of carbonyl (C=O) groups is 1. The Morgan fingerprint density at radius 1 is 1.38 bits per heavy atom. The van der Waals surface area contributed by atoms with Crippen LogP contribution in [-0.2, 0) is 4.79 Å². The van der Waals surface area contributed by atoms with Gasteiger partial charge in [-0.3, -0.25) is 9.69 Å². The molecule has 5 heteroatoms. The quantitative estimate of drug-likeness (QED) is 0.730. The van der Waals surface area contributed by atoms with E-state index in [0.29, 0.717) is 30.4 Å². The Bertz CT molecular complexity index is 435. The molecule has 0 bridgehead atoms. The molecular formula is C16H27N3O2. The van der Waals surface area contributed by atoms with Gasteiger partial charge in [-0.25, -0.2) is 0 Å². The molecule has 5 nitrogen and oxygen atoms in total. The molecule has 0 spiro atoms. The first-order valence-corrected chi connectivity index (χ1v) is 7.42. The number of para-hydroxylation sites is 2. The lowest BCUT2D eigenvalue weighted by Gasteiger charge is -2.23. The summed E-state index contributed by atoms with van der Waals surface area (Å²) in [4.78, 5) is 14.3. The molecule has 0 heterocycles. The van der Waals surface area contributed by atoms with Crippen LogP contribution in [0.2, 0.25) is 0 Å². The molecular weight excluding hydrogens is 266 g/mol. The molecule has 118 valence electrons. The zero-order valence-electron chi connectivity index (χ0n) is 13.3. The molecule has 3 N–H and O–H groups in total. The molecule has 0 radical (unpaired) electrons. The number of amides is 1. The molecule has 1 aromatic rings. The lowest BCUT2D eigenvalue weighted by molar-refractivity contribution is -0.117.